The molecule has 0 spiro atoms. The van der Waals surface area contributed by atoms with Crippen molar-refractivity contribution in [2.24, 2.45) is 16.9 Å². The summed E-state index contributed by atoms with van der Waals surface area (Å²) in [4.78, 5) is 22.6. The molecule has 1 N–H and O–H groups in total. The van der Waals surface area contributed by atoms with Gasteiger partial charge in [0.05, 0.1) is 11.5 Å². The topological polar surface area (TPSA) is 70.5 Å². The smallest absolute Gasteiger partial charge is 0.258 e. The molecule has 2 aromatic rings. The van der Waals surface area contributed by atoms with E-state index in [1.54, 1.807) is 11.3 Å². The minimum absolute atomic E-state index is 0.147. The summed E-state index contributed by atoms with van der Waals surface area (Å²) < 4.78 is 0. The van der Waals surface area contributed by atoms with E-state index in [9.17, 15) is 4.79 Å². The molecule has 1 unspecified atom stereocenters. The molecule has 0 bridgehead atoms. The first kappa shape index (κ1) is 19.8. The average Bonchev–Trinajstić information content (AvgIpc) is 3.13. The Labute approximate surface area is 168 Å². The van der Waals surface area contributed by atoms with Gasteiger partial charge in [-0.25, -0.2) is 0 Å². The van der Waals surface area contributed by atoms with Crippen molar-refractivity contribution in [2.75, 3.05) is 10.3 Å². The van der Waals surface area contributed by atoms with Crippen LogP contribution in [-0.4, -0.2) is 27.6 Å². The molecule has 144 valence electrons. The van der Waals surface area contributed by atoms with Gasteiger partial charge in [-0.15, -0.1) is 11.3 Å². The third-order valence-corrected chi connectivity index (χ3v) is 6.27. The van der Waals surface area contributed by atoms with Crippen LogP contribution in [0.1, 0.15) is 40.2 Å². The van der Waals surface area contributed by atoms with Gasteiger partial charge >= 0.3 is 0 Å². The van der Waals surface area contributed by atoms with E-state index < -0.39 is 0 Å². The van der Waals surface area contributed by atoms with Crippen molar-refractivity contribution in [3.63, 3.8) is 0 Å². The highest BCUT2D eigenvalue weighted by molar-refractivity contribution is 7.13. The number of nitrogens with one attached hydrogen (secondary N) is 1. The summed E-state index contributed by atoms with van der Waals surface area (Å²) in [6, 6.07) is 2.21. The summed E-state index contributed by atoms with van der Waals surface area (Å²) >= 11 is 8.18. The van der Waals surface area contributed by atoms with Crippen molar-refractivity contribution >= 4 is 46.3 Å². The standard InChI is InChI=1S/C19H24ClN5OS/c1-9(2)12(5)21-17-14(15-10(3)7-8-27-15)16(20)22-19(23-17)25-18(26)11(4)13(6)24-25/h7-9,11-12H,1-6H3,(H,21,22,23)/t11?,12-/m1/s1. The molecule has 27 heavy (non-hydrogen) atoms. The number of rotatable bonds is 5. The predicted molar refractivity (Wildman–Crippen MR) is 113 cm³/mol. The lowest BCUT2D eigenvalue weighted by molar-refractivity contribution is -0.119. The van der Waals surface area contributed by atoms with Gasteiger partial charge in [0.1, 0.15) is 11.0 Å². The number of aryl methyl sites for hydroxylation is 1. The van der Waals surface area contributed by atoms with Crippen LogP contribution in [0.3, 0.4) is 0 Å². The highest BCUT2D eigenvalue weighted by atomic mass is 35.5. The minimum Gasteiger partial charge on any atom is -0.367 e. The number of hydrazone groups is 1. The van der Waals surface area contributed by atoms with Crippen LogP contribution >= 0.6 is 22.9 Å². The van der Waals surface area contributed by atoms with Gasteiger partial charge in [0, 0.05) is 16.6 Å². The Morgan fingerprint density at radius 2 is 1.96 bits per heavy atom. The maximum atomic E-state index is 12.5. The number of anilines is 2. The Morgan fingerprint density at radius 1 is 1.26 bits per heavy atom. The number of amides is 1. The number of hydrogen-bond acceptors (Lipinski definition) is 6. The maximum absolute atomic E-state index is 12.5. The van der Waals surface area contributed by atoms with E-state index in [2.05, 4.69) is 41.2 Å². The molecule has 1 aliphatic rings. The molecule has 1 aliphatic heterocycles. The number of halogens is 1. The van der Waals surface area contributed by atoms with E-state index in [0.29, 0.717) is 16.9 Å². The summed E-state index contributed by atoms with van der Waals surface area (Å²) in [5.74, 6) is 0.791. The zero-order valence-corrected chi connectivity index (χ0v) is 17.9. The molecule has 6 nitrogen and oxygen atoms in total. The van der Waals surface area contributed by atoms with Crippen molar-refractivity contribution < 1.29 is 4.79 Å². The van der Waals surface area contributed by atoms with Gasteiger partial charge < -0.3 is 5.32 Å². The quantitative estimate of drug-likeness (QED) is 0.712. The Hall–Kier alpha value is -1.99. The molecule has 2 aromatic heterocycles. The van der Waals surface area contributed by atoms with Gasteiger partial charge in [-0.05, 0) is 50.6 Å². The Morgan fingerprint density at radius 3 is 2.48 bits per heavy atom. The molecule has 0 radical (unpaired) electrons. The van der Waals surface area contributed by atoms with E-state index in [1.807, 2.05) is 32.2 Å². The molecule has 0 fully saturated rings. The molecular formula is C19H24ClN5OS. The lowest BCUT2D eigenvalue weighted by atomic mass is 10.1. The molecule has 2 atom stereocenters. The van der Waals surface area contributed by atoms with Crippen LogP contribution in [0.15, 0.2) is 16.5 Å². The van der Waals surface area contributed by atoms with E-state index >= 15 is 0 Å². The molecule has 0 aliphatic carbocycles. The van der Waals surface area contributed by atoms with Gasteiger partial charge in [0.15, 0.2) is 0 Å². The molecular weight excluding hydrogens is 382 g/mol. The summed E-state index contributed by atoms with van der Waals surface area (Å²) in [5.41, 5.74) is 2.61. The lowest BCUT2D eigenvalue weighted by Gasteiger charge is -2.22. The Bertz CT molecular complexity index is 908. The largest absolute Gasteiger partial charge is 0.367 e. The summed E-state index contributed by atoms with van der Waals surface area (Å²) in [5, 5.41) is 11.4. The lowest BCUT2D eigenvalue weighted by Crippen LogP contribution is -2.28. The molecule has 0 saturated heterocycles. The van der Waals surface area contributed by atoms with Gasteiger partial charge in [-0.3, -0.25) is 4.79 Å². The summed E-state index contributed by atoms with van der Waals surface area (Å²) in [7, 11) is 0. The van der Waals surface area contributed by atoms with Crippen LogP contribution in [0.4, 0.5) is 11.8 Å². The number of carbonyl (C=O) groups is 1. The van der Waals surface area contributed by atoms with Crippen LogP contribution in [0.25, 0.3) is 10.4 Å². The van der Waals surface area contributed by atoms with Crippen LogP contribution < -0.4 is 10.3 Å². The second-order valence-corrected chi connectivity index (χ2v) is 8.54. The first-order valence-corrected chi connectivity index (χ1v) is 10.2. The van der Waals surface area contributed by atoms with Crippen molar-refractivity contribution in [1.29, 1.82) is 0 Å². The summed E-state index contributed by atoms with van der Waals surface area (Å²) in [6.07, 6.45) is 0. The van der Waals surface area contributed by atoms with E-state index in [4.69, 9.17) is 11.6 Å². The van der Waals surface area contributed by atoms with Crippen molar-refractivity contribution in [3.8, 4) is 10.4 Å². The highest BCUT2D eigenvalue weighted by Crippen LogP contribution is 2.40. The molecule has 3 heterocycles. The number of carbonyl (C=O) groups excluding carboxylic acids is 1. The number of nitrogens with zero attached hydrogens (tertiary/aromatic N) is 4. The number of thiophene rings is 1. The Balaban J connectivity index is 2.13. The van der Waals surface area contributed by atoms with Crippen molar-refractivity contribution in [1.82, 2.24) is 9.97 Å². The third-order valence-electron chi connectivity index (χ3n) is 4.96. The van der Waals surface area contributed by atoms with Gasteiger partial charge in [-0.1, -0.05) is 25.4 Å². The van der Waals surface area contributed by atoms with Crippen molar-refractivity contribution in [2.45, 2.75) is 47.6 Å². The first-order chi connectivity index (χ1) is 12.7. The average molecular weight is 406 g/mol. The van der Waals surface area contributed by atoms with E-state index in [1.165, 1.54) is 5.01 Å². The van der Waals surface area contributed by atoms with Crippen LogP contribution in [0, 0.1) is 18.8 Å². The molecule has 0 aromatic carbocycles. The zero-order valence-electron chi connectivity index (χ0n) is 16.4. The van der Waals surface area contributed by atoms with E-state index in [0.717, 1.165) is 21.7 Å². The fraction of sp³-hybridized carbons (Fsp3) is 0.474. The highest BCUT2D eigenvalue weighted by Gasteiger charge is 2.33. The normalized spacial score (nSPS) is 18.2. The van der Waals surface area contributed by atoms with Crippen LogP contribution in [0.5, 0.6) is 0 Å². The van der Waals surface area contributed by atoms with Gasteiger partial charge in [0.25, 0.3) is 11.9 Å². The van der Waals surface area contributed by atoms with E-state index in [-0.39, 0.29) is 23.8 Å². The third kappa shape index (κ3) is 3.71. The Kier molecular flexibility index (Phi) is 5.53. The molecule has 8 heteroatoms. The molecule has 3 rings (SSSR count). The van der Waals surface area contributed by atoms with Gasteiger partial charge in [0.2, 0.25) is 0 Å². The molecule has 0 saturated carbocycles. The first-order valence-electron chi connectivity index (χ1n) is 8.98. The zero-order chi connectivity index (χ0) is 19.9. The summed E-state index contributed by atoms with van der Waals surface area (Å²) in [6.45, 7) is 12.1. The second kappa shape index (κ2) is 7.56. The monoisotopic (exact) mass is 405 g/mol. The van der Waals surface area contributed by atoms with Crippen LogP contribution in [0.2, 0.25) is 5.15 Å². The fourth-order valence-corrected chi connectivity index (χ4v) is 3.92. The molecule has 1 amide bonds. The predicted octanol–water partition coefficient (Wildman–Crippen LogP) is 4.98. The SMILES string of the molecule is CC1=NN(c2nc(Cl)c(-c3sccc3C)c(N[C@H](C)C(C)C)n2)C(=O)C1C. The minimum atomic E-state index is -0.280. The second-order valence-electron chi connectivity index (χ2n) is 7.26. The maximum Gasteiger partial charge on any atom is 0.258 e. The number of hydrogen-bond donors (Lipinski definition) is 1. The van der Waals surface area contributed by atoms with Gasteiger partial charge in [-0.2, -0.15) is 20.1 Å². The van der Waals surface area contributed by atoms with Crippen LogP contribution in [-0.2, 0) is 4.79 Å². The van der Waals surface area contributed by atoms with Crippen molar-refractivity contribution in [3.05, 3.63) is 22.2 Å². The number of aromatic nitrogens is 2. The fourth-order valence-electron chi connectivity index (χ4n) is 2.63.